The maximum atomic E-state index is 9.42. The number of fused-ring (bicyclic) bond motifs is 8. The second-order valence-corrected chi connectivity index (χ2v) is 10.1. The Labute approximate surface area is 252 Å². The molecular formula is C40H24O. The first-order chi connectivity index (χ1) is 24.9. The zero-order valence-electron chi connectivity index (χ0n) is 32.4. The van der Waals surface area contributed by atoms with Crippen molar-refractivity contribution < 1.29 is 19.5 Å². The summed E-state index contributed by atoms with van der Waals surface area (Å²) in [7, 11) is 0. The predicted octanol–water partition coefficient (Wildman–Crippen LogP) is 11.5. The molecule has 0 aliphatic heterocycles. The van der Waals surface area contributed by atoms with Crippen LogP contribution in [0.5, 0.6) is 0 Å². The third kappa shape index (κ3) is 3.36. The molecule has 8 aromatic carbocycles. The van der Waals surface area contributed by atoms with Crippen molar-refractivity contribution in [2.45, 2.75) is 0 Å². The van der Waals surface area contributed by atoms with Crippen molar-refractivity contribution in [3.63, 3.8) is 0 Å². The molecule has 0 saturated heterocycles. The first-order valence-corrected chi connectivity index (χ1v) is 13.2. The summed E-state index contributed by atoms with van der Waals surface area (Å²) in [4.78, 5) is 0. The van der Waals surface area contributed by atoms with E-state index in [1.165, 1.54) is 0 Å². The number of rotatable bonds is 2. The van der Waals surface area contributed by atoms with Crippen LogP contribution in [-0.4, -0.2) is 0 Å². The van der Waals surface area contributed by atoms with E-state index in [1.807, 2.05) is 54.6 Å². The highest BCUT2D eigenvalue weighted by Gasteiger charge is 2.18. The molecule has 0 atom stereocenters. The fourth-order valence-corrected chi connectivity index (χ4v) is 5.92. The van der Waals surface area contributed by atoms with Crippen LogP contribution < -0.4 is 0 Å². The van der Waals surface area contributed by atoms with Crippen LogP contribution in [0.2, 0.25) is 0 Å². The normalized spacial score (nSPS) is 15.7. The Hall–Kier alpha value is -5.40. The third-order valence-electron chi connectivity index (χ3n) is 7.77. The van der Waals surface area contributed by atoms with Gasteiger partial charge >= 0.3 is 0 Å². The maximum absolute atomic E-state index is 9.42. The molecule has 0 N–H and O–H groups in total. The van der Waals surface area contributed by atoms with Gasteiger partial charge in [-0.2, -0.15) is 0 Å². The van der Waals surface area contributed by atoms with Gasteiger partial charge in [0.2, 0.25) is 0 Å². The van der Waals surface area contributed by atoms with Gasteiger partial charge in [0.15, 0.2) is 0 Å². The standard InChI is InChI=1S/C40H24O/c1-2-9-25(10-3-1)27-17-18-28-24-38-36(23-30(28)21-27)40-34(15-8-16-37(40)41-38)39-32-14-7-5-12-29(32)22-35-31-13-6-4-11-26(31)19-20-33(35)39/h1-24H/i4D,5D,6D,7D,11D,12D,13D,14D,19D,20D,22D. The topological polar surface area (TPSA) is 13.1 Å². The summed E-state index contributed by atoms with van der Waals surface area (Å²) < 4.78 is 104. The van der Waals surface area contributed by atoms with Crippen molar-refractivity contribution in [1.29, 1.82) is 0 Å². The van der Waals surface area contributed by atoms with Gasteiger partial charge in [-0.25, -0.2) is 0 Å². The van der Waals surface area contributed by atoms with Gasteiger partial charge in [-0.1, -0.05) is 115 Å². The number of hydrogen-bond donors (Lipinski definition) is 0. The summed E-state index contributed by atoms with van der Waals surface area (Å²) in [6.45, 7) is 0. The monoisotopic (exact) mass is 531 g/mol. The van der Waals surface area contributed by atoms with E-state index in [-0.39, 0.29) is 37.9 Å². The molecule has 0 bridgehead atoms. The smallest absolute Gasteiger partial charge is 0.136 e. The minimum absolute atomic E-state index is 0.0286. The van der Waals surface area contributed by atoms with Gasteiger partial charge in [0.1, 0.15) is 11.2 Å². The summed E-state index contributed by atoms with van der Waals surface area (Å²) in [6, 6.07) is 19.7. The summed E-state index contributed by atoms with van der Waals surface area (Å²) in [6.07, 6.45) is 0. The zero-order valence-corrected chi connectivity index (χ0v) is 21.4. The van der Waals surface area contributed by atoms with Crippen molar-refractivity contribution in [3.8, 4) is 22.3 Å². The van der Waals surface area contributed by atoms with E-state index >= 15 is 0 Å². The molecule has 1 aromatic heterocycles. The van der Waals surface area contributed by atoms with Gasteiger partial charge in [-0.05, 0) is 95.7 Å². The van der Waals surface area contributed by atoms with Crippen LogP contribution in [0.4, 0.5) is 0 Å². The molecule has 0 saturated carbocycles. The Balaban J connectivity index is 1.53. The largest absolute Gasteiger partial charge is 0.456 e. The van der Waals surface area contributed by atoms with Crippen molar-refractivity contribution in [1.82, 2.24) is 0 Å². The van der Waals surface area contributed by atoms with E-state index in [0.29, 0.717) is 27.5 Å². The molecule has 1 nitrogen and oxygen atoms in total. The first-order valence-electron chi connectivity index (χ1n) is 18.7. The molecular weight excluding hydrogens is 496 g/mol. The summed E-state index contributed by atoms with van der Waals surface area (Å²) in [5, 5.41) is 2.40. The van der Waals surface area contributed by atoms with Gasteiger partial charge in [-0.15, -0.1) is 0 Å². The molecule has 9 rings (SSSR count). The lowest BCUT2D eigenvalue weighted by atomic mass is 9.88. The Kier molecular flexibility index (Phi) is 2.98. The minimum atomic E-state index is -0.587. The second kappa shape index (κ2) is 8.55. The molecule has 0 amide bonds. The fraction of sp³-hybridized carbons (Fsp3) is 0. The molecule has 190 valence electrons. The Bertz CT molecular complexity index is 3080. The Morgan fingerprint density at radius 3 is 2.20 bits per heavy atom. The van der Waals surface area contributed by atoms with Gasteiger partial charge in [-0.3, -0.25) is 0 Å². The maximum Gasteiger partial charge on any atom is 0.136 e. The van der Waals surface area contributed by atoms with E-state index in [1.54, 1.807) is 18.2 Å². The summed E-state index contributed by atoms with van der Waals surface area (Å²) in [5.41, 5.74) is 3.64. The Morgan fingerprint density at radius 1 is 0.463 bits per heavy atom. The van der Waals surface area contributed by atoms with E-state index in [2.05, 4.69) is 6.07 Å². The van der Waals surface area contributed by atoms with E-state index < -0.39 is 66.5 Å². The summed E-state index contributed by atoms with van der Waals surface area (Å²) in [5.74, 6) is 0. The lowest BCUT2D eigenvalue weighted by Crippen LogP contribution is -1.88. The van der Waals surface area contributed by atoms with Gasteiger partial charge < -0.3 is 4.42 Å². The first kappa shape index (κ1) is 14.3. The lowest BCUT2D eigenvalue weighted by molar-refractivity contribution is 0.669. The van der Waals surface area contributed by atoms with Gasteiger partial charge in [0.05, 0.1) is 15.1 Å². The molecule has 0 aliphatic rings. The SMILES string of the molecule is [2H]c1c([2H])c([2H])c2c([2H])c3c(c([2H])c([2H])c4c([2H])c([2H])c([2H])c([2H])c43)c(-c3cccc4oc5cc6ccc(-c7ccccc7)cc6cc5c34)c2c1[2H]. The van der Waals surface area contributed by atoms with Gasteiger partial charge in [0, 0.05) is 10.8 Å². The van der Waals surface area contributed by atoms with Crippen LogP contribution >= 0.6 is 0 Å². The highest BCUT2D eigenvalue weighted by atomic mass is 16.3. The molecule has 0 fully saturated rings. The summed E-state index contributed by atoms with van der Waals surface area (Å²) >= 11 is 0. The molecule has 0 spiro atoms. The van der Waals surface area contributed by atoms with Crippen molar-refractivity contribution in [3.05, 3.63) is 145 Å². The van der Waals surface area contributed by atoms with E-state index in [0.717, 1.165) is 21.9 Å². The van der Waals surface area contributed by atoms with E-state index in [4.69, 9.17) is 16.8 Å². The molecule has 0 unspecified atom stereocenters. The van der Waals surface area contributed by atoms with Gasteiger partial charge in [0.25, 0.3) is 0 Å². The minimum Gasteiger partial charge on any atom is -0.456 e. The third-order valence-corrected chi connectivity index (χ3v) is 7.77. The molecule has 1 heteroatoms. The van der Waals surface area contributed by atoms with Crippen LogP contribution in [0, 0.1) is 0 Å². The number of hydrogen-bond acceptors (Lipinski definition) is 1. The molecule has 0 aliphatic carbocycles. The Morgan fingerprint density at radius 2 is 1.29 bits per heavy atom. The highest BCUT2D eigenvalue weighted by Crippen LogP contribution is 2.45. The van der Waals surface area contributed by atoms with Crippen molar-refractivity contribution >= 4 is 65.0 Å². The van der Waals surface area contributed by atoms with Crippen molar-refractivity contribution in [2.75, 3.05) is 0 Å². The molecule has 0 radical (unpaired) electrons. The predicted molar refractivity (Wildman–Crippen MR) is 175 cm³/mol. The van der Waals surface area contributed by atoms with Crippen LogP contribution in [0.1, 0.15) is 15.1 Å². The van der Waals surface area contributed by atoms with Crippen LogP contribution in [-0.2, 0) is 0 Å². The van der Waals surface area contributed by atoms with Crippen LogP contribution in [0.3, 0.4) is 0 Å². The average molecular weight is 532 g/mol. The highest BCUT2D eigenvalue weighted by molar-refractivity contribution is 6.25. The number of benzene rings is 8. The molecule has 1 heterocycles. The van der Waals surface area contributed by atoms with Crippen molar-refractivity contribution in [2.24, 2.45) is 0 Å². The molecule has 9 aromatic rings. The van der Waals surface area contributed by atoms with Crippen LogP contribution in [0.25, 0.3) is 87.3 Å². The average Bonchev–Trinajstić information content (AvgIpc) is 3.52. The molecule has 41 heavy (non-hydrogen) atoms. The number of furan rings is 1. The lowest BCUT2D eigenvalue weighted by Gasteiger charge is -2.15. The second-order valence-electron chi connectivity index (χ2n) is 10.1. The van der Waals surface area contributed by atoms with Crippen LogP contribution in [0.15, 0.2) is 150 Å². The quantitative estimate of drug-likeness (QED) is 0.160. The van der Waals surface area contributed by atoms with E-state index in [9.17, 15) is 2.74 Å². The zero-order chi connectivity index (χ0) is 36.5. The fourth-order valence-electron chi connectivity index (χ4n) is 5.92.